The van der Waals surface area contributed by atoms with Crippen LogP contribution in [-0.4, -0.2) is 12.6 Å². The molecule has 2 unspecified atom stereocenters. The van der Waals surface area contributed by atoms with Gasteiger partial charge in [0.25, 0.3) is 0 Å². The van der Waals surface area contributed by atoms with E-state index in [1.54, 1.807) is 6.92 Å². The van der Waals surface area contributed by atoms with Gasteiger partial charge >= 0.3 is 5.97 Å². The van der Waals surface area contributed by atoms with Crippen LogP contribution in [0.3, 0.4) is 0 Å². The molecule has 17 heavy (non-hydrogen) atoms. The molecule has 92 valence electrons. The summed E-state index contributed by atoms with van der Waals surface area (Å²) in [7, 11) is 0. The normalized spacial score (nSPS) is 22.4. The Labute approximate surface area is 98.6 Å². The fourth-order valence-electron chi connectivity index (χ4n) is 1.95. The minimum atomic E-state index is -0.561. The summed E-state index contributed by atoms with van der Waals surface area (Å²) < 4.78 is 31.6. The largest absolute Gasteiger partial charge is 0.466 e. The second kappa shape index (κ2) is 4.43. The molecule has 0 amide bonds. The second-order valence-corrected chi connectivity index (χ2v) is 4.31. The third-order valence-corrected chi connectivity index (χ3v) is 3.11. The van der Waals surface area contributed by atoms with Crippen LogP contribution in [-0.2, 0) is 9.53 Å². The Morgan fingerprint density at radius 2 is 2.00 bits per heavy atom. The van der Waals surface area contributed by atoms with Crippen LogP contribution in [0.15, 0.2) is 12.1 Å². The van der Waals surface area contributed by atoms with Crippen molar-refractivity contribution in [2.24, 2.45) is 5.92 Å². The van der Waals surface area contributed by atoms with Gasteiger partial charge in [-0.05, 0) is 43.9 Å². The fraction of sp³-hybridized carbons (Fsp3) is 0.462. The first-order valence-corrected chi connectivity index (χ1v) is 5.66. The van der Waals surface area contributed by atoms with E-state index in [-0.39, 0.29) is 23.4 Å². The molecular weight excluding hydrogens is 226 g/mol. The minimum absolute atomic E-state index is 0.0158. The molecule has 0 saturated heterocycles. The van der Waals surface area contributed by atoms with Crippen molar-refractivity contribution in [1.29, 1.82) is 0 Å². The molecule has 2 rings (SSSR count). The number of ether oxygens (including phenoxy) is 1. The average Bonchev–Trinajstić information content (AvgIpc) is 3.05. The van der Waals surface area contributed by atoms with Gasteiger partial charge in [0.05, 0.1) is 12.5 Å². The van der Waals surface area contributed by atoms with E-state index in [2.05, 4.69) is 0 Å². The van der Waals surface area contributed by atoms with Crippen LogP contribution >= 0.6 is 0 Å². The summed E-state index contributed by atoms with van der Waals surface area (Å²) >= 11 is 0. The van der Waals surface area contributed by atoms with Gasteiger partial charge < -0.3 is 4.74 Å². The van der Waals surface area contributed by atoms with E-state index in [4.69, 9.17) is 4.74 Å². The number of carbonyl (C=O) groups excluding carboxylic acids is 1. The molecule has 4 heteroatoms. The lowest BCUT2D eigenvalue weighted by Crippen LogP contribution is -2.07. The lowest BCUT2D eigenvalue weighted by molar-refractivity contribution is -0.144. The van der Waals surface area contributed by atoms with Crippen LogP contribution < -0.4 is 0 Å². The van der Waals surface area contributed by atoms with Gasteiger partial charge in [-0.1, -0.05) is 0 Å². The van der Waals surface area contributed by atoms with E-state index >= 15 is 0 Å². The molecule has 1 fully saturated rings. The zero-order chi connectivity index (χ0) is 12.6. The van der Waals surface area contributed by atoms with Crippen molar-refractivity contribution in [3.8, 4) is 0 Å². The summed E-state index contributed by atoms with van der Waals surface area (Å²) in [4.78, 5) is 11.4. The van der Waals surface area contributed by atoms with Gasteiger partial charge in [-0.25, -0.2) is 8.78 Å². The number of carbonyl (C=O) groups is 1. The molecule has 1 saturated carbocycles. The standard InChI is InChI=1S/C13H14F2O2/c1-3-17-13(16)10-6-9(10)8-4-11(14)7(2)12(15)5-8/h4-5,9-10H,3,6H2,1-2H3. The van der Waals surface area contributed by atoms with Gasteiger partial charge in [0.15, 0.2) is 0 Å². The maximum atomic E-state index is 13.3. The maximum Gasteiger partial charge on any atom is 0.309 e. The summed E-state index contributed by atoms with van der Waals surface area (Å²) in [5.74, 6) is -1.74. The van der Waals surface area contributed by atoms with Crippen LogP contribution in [0.4, 0.5) is 8.78 Å². The Balaban J connectivity index is 2.14. The molecular formula is C13H14F2O2. The Kier molecular flexibility index (Phi) is 3.13. The summed E-state index contributed by atoms with van der Waals surface area (Å²) in [6.07, 6.45) is 0.612. The molecule has 0 aromatic heterocycles. The molecule has 2 nitrogen and oxygen atoms in total. The molecule has 1 aliphatic carbocycles. The average molecular weight is 240 g/mol. The molecule has 2 atom stereocenters. The van der Waals surface area contributed by atoms with Gasteiger partial charge in [-0.15, -0.1) is 0 Å². The van der Waals surface area contributed by atoms with Crippen molar-refractivity contribution >= 4 is 5.97 Å². The van der Waals surface area contributed by atoms with Crippen LogP contribution in [0, 0.1) is 24.5 Å². The molecule has 1 aromatic rings. The highest BCUT2D eigenvalue weighted by molar-refractivity contribution is 5.77. The lowest BCUT2D eigenvalue weighted by Gasteiger charge is -2.04. The van der Waals surface area contributed by atoms with Crippen LogP contribution in [0.1, 0.15) is 30.4 Å². The first-order valence-electron chi connectivity index (χ1n) is 5.66. The third kappa shape index (κ3) is 2.30. The zero-order valence-corrected chi connectivity index (χ0v) is 9.80. The summed E-state index contributed by atoms with van der Waals surface area (Å²) in [5.41, 5.74) is 0.561. The SMILES string of the molecule is CCOC(=O)C1CC1c1cc(F)c(C)c(F)c1. The van der Waals surface area contributed by atoms with Crippen molar-refractivity contribution < 1.29 is 18.3 Å². The molecule has 1 aromatic carbocycles. The van der Waals surface area contributed by atoms with Gasteiger partial charge in [-0.2, -0.15) is 0 Å². The molecule has 0 bridgehead atoms. The Bertz CT molecular complexity index is 434. The molecule has 0 heterocycles. The number of halogens is 2. The number of rotatable bonds is 3. The zero-order valence-electron chi connectivity index (χ0n) is 9.80. The number of hydrogen-bond donors (Lipinski definition) is 0. The third-order valence-electron chi connectivity index (χ3n) is 3.11. The quantitative estimate of drug-likeness (QED) is 0.759. The summed E-state index contributed by atoms with van der Waals surface area (Å²) in [5, 5.41) is 0. The van der Waals surface area contributed by atoms with Crippen LogP contribution in [0.2, 0.25) is 0 Å². The highest BCUT2D eigenvalue weighted by atomic mass is 19.1. The second-order valence-electron chi connectivity index (χ2n) is 4.31. The Morgan fingerprint density at radius 3 is 2.53 bits per heavy atom. The van der Waals surface area contributed by atoms with Crippen molar-refractivity contribution in [2.45, 2.75) is 26.2 Å². The lowest BCUT2D eigenvalue weighted by atomic mass is 10.1. The predicted molar refractivity (Wildman–Crippen MR) is 58.6 cm³/mol. The number of benzene rings is 1. The van der Waals surface area contributed by atoms with E-state index < -0.39 is 11.6 Å². The van der Waals surface area contributed by atoms with E-state index in [1.165, 1.54) is 19.1 Å². The fourth-order valence-corrected chi connectivity index (χ4v) is 1.95. The van der Waals surface area contributed by atoms with Gasteiger partial charge in [0.1, 0.15) is 11.6 Å². The Morgan fingerprint density at radius 1 is 1.41 bits per heavy atom. The number of esters is 1. The molecule has 0 N–H and O–H groups in total. The highest BCUT2D eigenvalue weighted by Gasteiger charge is 2.45. The van der Waals surface area contributed by atoms with Crippen molar-refractivity contribution in [3.05, 3.63) is 34.9 Å². The van der Waals surface area contributed by atoms with Crippen molar-refractivity contribution in [2.75, 3.05) is 6.61 Å². The summed E-state index contributed by atoms with van der Waals surface area (Å²) in [6, 6.07) is 2.62. The highest BCUT2D eigenvalue weighted by Crippen LogP contribution is 2.48. The smallest absolute Gasteiger partial charge is 0.309 e. The summed E-state index contributed by atoms with van der Waals surface area (Å²) in [6.45, 7) is 3.46. The topological polar surface area (TPSA) is 26.3 Å². The van der Waals surface area contributed by atoms with Gasteiger partial charge in [-0.3, -0.25) is 4.79 Å². The predicted octanol–water partition coefficient (Wildman–Crippen LogP) is 2.94. The first-order chi connectivity index (χ1) is 8.04. The first kappa shape index (κ1) is 12.0. The molecule has 0 spiro atoms. The number of hydrogen-bond acceptors (Lipinski definition) is 2. The van der Waals surface area contributed by atoms with Crippen molar-refractivity contribution in [1.82, 2.24) is 0 Å². The van der Waals surface area contributed by atoms with Gasteiger partial charge in [0.2, 0.25) is 0 Å². The van der Waals surface area contributed by atoms with E-state index in [0.717, 1.165) is 0 Å². The molecule has 1 aliphatic rings. The Hall–Kier alpha value is -1.45. The van der Waals surface area contributed by atoms with Crippen molar-refractivity contribution in [3.63, 3.8) is 0 Å². The maximum absolute atomic E-state index is 13.3. The van der Waals surface area contributed by atoms with E-state index in [1.807, 2.05) is 0 Å². The molecule has 0 aliphatic heterocycles. The minimum Gasteiger partial charge on any atom is -0.466 e. The van der Waals surface area contributed by atoms with Crippen LogP contribution in [0.25, 0.3) is 0 Å². The van der Waals surface area contributed by atoms with Gasteiger partial charge in [0, 0.05) is 5.56 Å². The van der Waals surface area contributed by atoms with Crippen LogP contribution in [0.5, 0.6) is 0 Å². The monoisotopic (exact) mass is 240 g/mol. The van der Waals surface area contributed by atoms with E-state index in [0.29, 0.717) is 18.6 Å². The molecule has 0 radical (unpaired) electrons. The van der Waals surface area contributed by atoms with E-state index in [9.17, 15) is 13.6 Å².